The Morgan fingerprint density at radius 3 is 2.78 bits per heavy atom. The number of rotatable bonds is 3. The van der Waals surface area contributed by atoms with Crippen molar-refractivity contribution < 1.29 is 0 Å². The predicted molar refractivity (Wildman–Crippen MR) is 94.5 cm³/mol. The fraction of sp³-hybridized carbons (Fsp3) is 0.350. The number of aromatic nitrogens is 2. The maximum Gasteiger partial charge on any atom is 0.111 e. The smallest absolute Gasteiger partial charge is 0.111 e. The third-order valence-corrected chi connectivity index (χ3v) is 4.83. The first-order valence-electron chi connectivity index (χ1n) is 8.50. The van der Waals surface area contributed by atoms with Crippen LogP contribution in [0.3, 0.4) is 0 Å². The van der Waals surface area contributed by atoms with Gasteiger partial charge in [0.15, 0.2) is 0 Å². The number of fused-ring (bicyclic) bond motifs is 1. The molecule has 1 aliphatic rings. The van der Waals surface area contributed by atoms with Crippen molar-refractivity contribution in [3.8, 4) is 0 Å². The van der Waals surface area contributed by atoms with Gasteiger partial charge >= 0.3 is 0 Å². The normalized spacial score (nSPS) is 19.3. The fourth-order valence-electron chi connectivity index (χ4n) is 3.54. The zero-order valence-electron chi connectivity index (χ0n) is 13.6. The van der Waals surface area contributed by atoms with E-state index in [2.05, 4.69) is 65.3 Å². The minimum absolute atomic E-state index is 0.515. The summed E-state index contributed by atoms with van der Waals surface area (Å²) >= 11 is 0. The Hall–Kier alpha value is -2.13. The molecule has 1 atom stereocenters. The van der Waals surface area contributed by atoms with Crippen LogP contribution in [0.4, 0.5) is 0 Å². The van der Waals surface area contributed by atoms with E-state index < -0.39 is 0 Å². The maximum absolute atomic E-state index is 4.81. The number of nitrogens with zero attached hydrogens (tertiary/aromatic N) is 2. The van der Waals surface area contributed by atoms with Crippen LogP contribution in [-0.2, 0) is 6.54 Å². The van der Waals surface area contributed by atoms with Crippen LogP contribution in [0.5, 0.6) is 0 Å². The highest BCUT2D eigenvalue weighted by Gasteiger charge is 2.23. The average molecular weight is 305 g/mol. The number of imidazole rings is 1. The van der Waals surface area contributed by atoms with E-state index in [1.54, 1.807) is 0 Å². The first-order chi connectivity index (χ1) is 11.3. The zero-order valence-corrected chi connectivity index (χ0v) is 13.6. The average Bonchev–Trinajstić information content (AvgIpc) is 3.01. The molecule has 4 rings (SSSR count). The zero-order chi connectivity index (χ0) is 15.6. The minimum atomic E-state index is 0.515. The SMILES string of the molecule is Cc1ccc(CN2CCCC(c3nc4ccccc4[nH]3)C2)cc1. The second-order valence-corrected chi connectivity index (χ2v) is 6.70. The Morgan fingerprint density at radius 2 is 1.96 bits per heavy atom. The molecule has 0 spiro atoms. The fourth-order valence-corrected chi connectivity index (χ4v) is 3.54. The van der Waals surface area contributed by atoms with Crippen molar-refractivity contribution in [3.05, 3.63) is 65.5 Å². The van der Waals surface area contributed by atoms with Crippen LogP contribution in [0.15, 0.2) is 48.5 Å². The highest BCUT2D eigenvalue weighted by atomic mass is 15.1. The molecule has 0 bridgehead atoms. The van der Waals surface area contributed by atoms with Crippen molar-refractivity contribution in [2.75, 3.05) is 13.1 Å². The van der Waals surface area contributed by atoms with Crippen LogP contribution in [0.25, 0.3) is 11.0 Å². The van der Waals surface area contributed by atoms with Gasteiger partial charge in [0.1, 0.15) is 5.82 Å². The highest BCUT2D eigenvalue weighted by molar-refractivity contribution is 5.74. The van der Waals surface area contributed by atoms with E-state index >= 15 is 0 Å². The molecule has 1 N–H and O–H groups in total. The first kappa shape index (κ1) is 14.5. The Balaban J connectivity index is 1.49. The highest BCUT2D eigenvalue weighted by Crippen LogP contribution is 2.27. The van der Waals surface area contributed by atoms with Crippen molar-refractivity contribution in [1.82, 2.24) is 14.9 Å². The summed E-state index contributed by atoms with van der Waals surface area (Å²) in [4.78, 5) is 10.9. The molecule has 2 heterocycles. The van der Waals surface area contributed by atoms with E-state index in [0.29, 0.717) is 5.92 Å². The molecule has 0 amide bonds. The van der Waals surface area contributed by atoms with E-state index in [4.69, 9.17) is 4.98 Å². The first-order valence-corrected chi connectivity index (χ1v) is 8.50. The third kappa shape index (κ3) is 3.15. The van der Waals surface area contributed by atoms with Crippen molar-refractivity contribution >= 4 is 11.0 Å². The van der Waals surface area contributed by atoms with Crippen LogP contribution in [0.1, 0.15) is 35.7 Å². The lowest BCUT2D eigenvalue weighted by Crippen LogP contribution is -2.34. The van der Waals surface area contributed by atoms with E-state index in [9.17, 15) is 0 Å². The van der Waals surface area contributed by atoms with Gasteiger partial charge in [-0.1, -0.05) is 42.0 Å². The number of nitrogens with one attached hydrogen (secondary N) is 1. The lowest BCUT2D eigenvalue weighted by atomic mass is 9.97. The summed E-state index contributed by atoms with van der Waals surface area (Å²) in [5.41, 5.74) is 4.96. The topological polar surface area (TPSA) is 31.9 Å². The maximum atomic E-state index is 4.81. The predicted octanol–water partition coefficient (Wildman–Crippen LogP) is 4.25. The number of para-hydroxylation sites is 2. The Labute approximate surface area is 137 Å². The number of aromatic amines is 1. The van der Waals surface area contributed by atoms with Crippen molar-refractivity contribution in [2.24, 2.45) is 0 Å². The Bertz CT molecular complexity index is 755. The summed E-state index contributed by atoms with van der Waals surface area (Å²) in [5.74, 6) is 1.67. The monoisotopic (exact) mass is 305 g/mol. The van der Waals surface area contributed by atoms with Crippen LogP contribution in [-0.4, -0.2) is 28.0 Å². The Kier molecular flexibility index (Phi) is 3.88. The summed E-state index contributed by atoms with van der Waals surface area (Å²) in [7, 11) is 0. The number of hydrogen-bond donors (Lipinski definition) is 1. The molecular formula is C20H23N3. The van der Waals surface area contributed by atoms with Gasteiger partial charge in [-0.25, -0.2) is 4.98 Å². The molecule has 1 unspecified atom stereocenters. The largest absolute Gasteiger partial charge is 0.342 e. The number of H-pyrrole nitrogens is 1. The summed E-state index contributed by atoms with van der Waals surface area (Å²) < 4.78 is 0. The number of likely N-dealkylation sites (tertiary alicyclic amines) is 1. The summed E-state index contributed by atoms with van der Waals surface area (Å²) in [6, 6.07) is 17.2. The van der Waals surface area contributed by atoms with E-state index in [0.717, 1.165) is 29.9 Å². The Morgan fingerprint density at radius 1 is 1.13 bits per heavy atom. The van der Waals surface area contributed by atoms with Gasteiger partial charge in [-0.3, -0.25) is 4.90 Å². The molecule has 0 aliphatic carbocycles. The van der Waals surface area contributed by atoms with E-state index in [1.165, 1.54) is 30.5 Å². The van der Waals surface area contributed by atoms with Gasteiger partial charge in [-0.15, -0.1) is 0 Å². The second-order valence-electron chi connectivity index (χ2n) is 6.70. The van der Waals surface area contributed by atoms with Gasteiger partial charge in [-0.05, 0) is 44.0 Å². The molecule has 3 heteroatoms. The molecule has 1 aliphatic heterocycles. The standard InChI is InChI=1S/C20H23N3/c1-15-8-10-16(11-9-15)13-23-12-4-5-17(14-23)20-21-18-6-2-3-7-19(18)22-20/h2-3,6-11,17H,4-5,12-14H2,1H3,(H,21,22). The molecule has 118 valence electrons. The van der Waals surface area contributed by atoms with E-state index in [1.807, 2.05) is 0 Å². The van der Waals surface area contributed by atoms with Gasteiger partial charge in [0.2, 0.25) is 0 Å². The number of benzene rings is 2. The van der Waals surface area contributed by atoms with Crippen LogP contribution < -0.4 is 0 Å². The van der Waals surface area contributed by atoms with Crippen LogP contribution >= 0.6 is 0 Å². The molecule has 0 radical (unpaired) electrons. The van der Waals surface area contributed by atoms with Gasteiger partial charge < -0.3 is 4.98 Å². The van der Waals surface area contributed by atoms with Crippen molar-refractivity contribution in [3.63, 3.8) is 0 Å². The molecule has 1 saturated heterocycles. The number of hydrogen-bond acceptors (Lipinski definition) is 2. The molecule has 3 nitrogen and oxygen atoms in total. The summed E-state index contributed by atoms with van der Waals surface area (Å²) in [6.07, 6.45) is 2.47. The van der Waals surface area contributed by atoms with Crippen LogP contribution in [0, 0.1) is 6.92 Å². The quantitative estimate of drug-likeness (QED) is 0.784. The van der Waals surface area contributed by atoms with Gasteiger partial charge in [0.25, 0.3) is 0 Å². The second kappa shape index (κ2) is 6.17. The lowest BCUT2D eigenvalue weighted by molar-refractivity contribution is 0.197. The van der Waals surface area contributed by atoms with Gasteiger partial charge in [-0.2, -0.15) is 0 Å². The molecule has 2 aromatic carbocycles. The number of piperidine rings is 1. The summed E-state index contributed by atoms with van der Waals surface area (Å²) in [6.45, 7) is 5.46. The molecular weight excluding hydrogens is 282 g/mol. The summed E-state index contributed by atoms with van der Waals surface area (Å²) in [5, 5.41) is 0. The molecule has 1 aromatic heterocycles. The van der Waals surface area contributed by atoms with Gasteiger partial charge in [0.05, 0.1) is 11.0 Å². The van der Waals surface area contributed by atoms with Crippen LogP contribution in [0.2, 0.25) is 0 Å². The molecule has 1 fully saturated rings. The molecule has 0 saturated carbocycles. The van der Waals surface area contributed by atoms with Gasteiger partial charge in [0, 0.05) is 19.0 Å². The van der Waals surface area contributed by atoms with E-state index in [-0.39, 0.29) is 0 Å². The van der Waals surface area contributed by atoms with Crippen molar-refractivity contribution in [1.29, 1.82) is 0 Å². The molecule has 23 heavy (non-hydrogen) atoms. The number of aryl methyl sites for hydroxylation is 1. The third-order valence-electron chi connectivity index (χ3n) is 4.83. The minimum Gasteiger partial charge on any atom is -0.342 e. The lowest BCUT2D eigenvalue weighted by Gasteiger charge is -2.31. The van der Waals surface area contributed by atoms with Crippen molar-refractivity contribution in [2.45, 2.75) is 32.2 Å². The molecule has 3 aromatic rings.